The Balaban J connectivity index is 0.897. The quantitative estimate of drug-likeness (QED) is 0.127. The summed E-state index contributed by atoms with van der Waals surface area (Å²) >= 11 is 3.85. The summed E-state index contributed by atoms with van der Waals surface area (Å²) in [5, 5.41) is 15.0. The van der Waals surface area contributed by atoms with Crippen molar-refractivity contribution < 1.29 is 0 Å². The third kappa shape index (κ3) is 8.80. The van der Waals surface area contributed by atoms with Crippen molar-refractivity contribution in [3.8, 4) is 94.7 Å². The number of rotatable bonds is 9. The highest BCUT2D eigenvalue weighted by molar-refractivity contribution is 7.27. The van der Waals surface area contributed by atoms with E-state index in [0.29, 0.717) is 0 Å². The molecule has 3 aromatic heterocycles. The molecule has 0 spiro atoms. The van der Waals surface area contributed by atoms with Crippen molar-refractivity contribution in [3.63, 3.8) is 0 Å². The van der Waals surface area contributed by atoms with Gasteiger partial charge in [-0.3, -0.25) is 0 Å². The van der Waals surface area contributed by atoms with Gasteiger partial charge in [-0.2, -0.15) is 0 Å². The first kappa shape index (κ1) is 53.4. The van der Waals surface area contributed by atoms with Gasteiger partial charge in [-0.25, -0.2) is 0 Å². The molecule has 19 rings (SSSR count). The smallest absolute Gasteiger partial charge is 0.0541 e. The lowest BCUT2D eigenvalue weighted by Crippen LogP contribution is -1.95. The zero-order valence-electron chi connectivity index (χ0n) is 50.5. The van der Waals surface area contributed by atoms with Crippen LogP contribution in [0.2, 0.25) is 0 Å². The normalized spacial score (nSPS) is 11.9. The molecule has 1 nitrogen and oxygen atoms in total. The van der Waals surface area contributed by atoms with E-state index in [9.17, 15) is 0 Å². The molecule has 0 radical (unpaired) electrons. The highest BCUT2D eigenvalue weighted by Gasteiger charge is 2.24. The Labute approximate surface area is 546 Å². The fourth-order valence-corrected chi connectivity index (χ4v) is 17.6. The third-order valence-electron chi connectivity index (χ3n) is 19.3. The first-order chi connectivity index (χ1) is 46.1. The first-order valence-electron chi connectivity index (χ1n) is 31.9. The summed E-state index contributed by atoms with van der Waals surface area (Å²) in [5.74, 6) is 0. The number of thiophene rings is 2. The Morgan fingerprint density at radius 3 is 0.763 bits per heavy atom. The van der Waals surface area contributed by atoms with Crippen LogP contribution in [0.15, 0.2) is 334 Å². The lowest BCUT2D eigenvalue weighted by molar-refractivity contribution is 1.19. The summed E-state index contributed by atoms with van der Waals surface area (Å²) in [6.07, 6.45) is 0. The Kier molecular flexibility index (Phi) is 12.4. The van der Waals surface area contributed by atoms with Crippen molar-refractivity contribution in [1.82, 2.24) is 4.57 Å². The van der Waals surface area contributed by atoms with Crippen molar-refractivity contribution in [2.45, 2.75) is 0 Å². The topological polar surface area (TPSA) is 4.93 Å². The van der Waals surface area contributed by atoms with Crippen molar-refractivity contribution >= 4 is 117 Å². The van der Waals surface area contributed by atoms with Crippen LogP contribution in [-0.4, -0.2) is 4.57 Å². The van der Waals surface area contributed by atoms with E-state index >= 15 is 0 Å². The zero-order chi connectivity index (χ0) is 61.1. The van der Waals surface area contributed by atoms with Crippen LogP contribution < -0.4 is 0 Å². The molecular weight excluding hydrogens is 1160 g/mol. The molecule has 3 heterocycles. The van der Waals surface area contributed by atoms with Crippen LogP contribution in [0.5, 0.6) is 0 Å². The van der Waals surface area contributed by atoms with Crippen LogP contribution in [0.4, 0.5) is 0 Å². The van der Waals surface area contributed by atoms with Crippen molar-refractivity contribution in [3.05, 3.63) is 334 Å². The number of hydrogen-bond donors (Lipinski definition) is 0. The molecule has 432 valence electrons. The van der Waals surface area contributed by atoms with E-state index in [0.717, 1.165) is 16.7 Å². The maximum Gasteiger partial charge on any atom is 0.0541 e. The zero-order valence-corrected chi connectivity index (χ0v) is 52.2. The van der Waals surface area contributed by atoms with E-state index in [1.807, 2.05) is 22.7 Å². The van der Waals surface area contributed by atoms with Gasteiger partial charge < -0.3 is 4.57 Å². The molecule has 0 saturated heterocycles. The minimum atomic E-state index is 1.13. The highest BCUT2D eigenvalue weighted by Crippen LogP contribution is 2.51. The van der Waals surface area contributed by atoms with E-state index in [4.69, 9.17) is 0 Å². The number of benzene rings is 16. The van der Waals surface area contributed by atoms with E-state index in [-0.39, 0.29) is 0 Å². The third-order valence-corrected chi connectivity index (χ3v) is 21.9. The predicted octanol–water partition coefficient (Wildman–Crippen LogP) is 26.3. The van der Waals surface area contributed by atoms with E-state index in [2.05, 4.69) is 338 Å². The van der Waals surface area contributed by atoms with Crippen molar-refractivity contribution in [1.29, 1.82) is 0 Å². The molecule has 3 heteroatoms. The molecule has 0 atom stereocenters. The summed E-state index contributed by atoms with van der Waals surface area (Å²) in [5.41, 5.74) is 22.8. The standard InChI is InChI=1S/C90H55NS2/c1-7-23-56(24-8-1)64-47-74(60-31-15-5-16-32-60)87-81(51-64)83-53-66(58-27-11-3-12-28-58)49-76(89(83)92-87)62-39-43-85-79(45-62)80-46-63(40-44-86(80)91(85)68-41-42-73-71-37-20-19-35-69(71)70-36-21-22-38-72(70)78(73)55-68)77-50-67(59-29-13-4-14-30-59)54-84-82-52-65(57-25-9-2-10-26-57)48-75(88(82)93-90(77)84)61-33-17-6-18-34-61/h1-55H. The van der Waals surface area contributed by atoms with Gasteiger partial charge in [-0.1, -0.05) is 249 Å². The van der Waals surface area contributed by atoms with Gasteiger partial charge in [0, 0.05) is 79.1 Å². The van der Waals surface area contributed by atoms with Gasteiger partial charge in [-0.15, -0.1) is 22.7 Å². The van der Waals surface area contributed by atoms with Gasteiger partial charge in [-0.05, 0) is 184 Å². The largest absolute Gasteiger partial charge is 0.309 e. The number of fused-ring (bicyclic) bond motifs is 15. The van der Waals surface area contributed by atoms with E-state index in [1.54, 1.807) is 0 Å². The monoisotopic (exact) mass is 1210 g/mol. The fraction of sp³-hybridized carbons (Fsp3) is 0. The maximum atomic E-state index is 2.53. The minimum absolute atomic E-state index is 1.13. The molecule has 16 aromatic carbocycles. The SMILES string of the molecule is c1ccc(-c2cc(-c3ccccc3)c3sc4c(-c5ccc6c(c5)c5cc(-c7cc(-c8ccccc8)cc8c7sc7c(-c9ccccc9)cc(-c9ccccc9)cc78)ccc5n6-c5ccc6c7ccccc7c7ccccc7c6c5)cc(-c5ccccc5)cc4c3c2)cc1. The number of hydrogen-bond acceptors (Lipinski definition) is 2. The molecule has 0 bridgehead atoms. The Hall–Kier alpha value is -11.5. The average molecular weight is 1210 g/mol. The van der Waals surface area contributed by atoms with Crippen LogP contribution in [0.1, 0.15) is 0 Å². The summed E-state index contributed by atoms with van der Waals surface area (Å²) in [7, 11) is 0. The second-order valence-electron chi connectivity index (χ2n) is 24.6. The fourth-order valence-electron chi connectivity index (χ4n) is 14.9. The molecule has 0 aliphatic rings. The minimum Gasteiger partial charge on any atom is -0.309 e. The lowest BCUT2D eigenvalue weighted by atomic mass is 9.92. The summed E-state index contributed by atoms with van der Waals surface area (Å²) in [6, 6.07) is 125. The van der Waals surface area contributed by atoms with Crippen LogP contribution in [0.3, 0.4) is 0 Å². The molecule has 0 unspecified atom stereocenters. The Morgan fingerprint density at radius 2 is 0.430 bits per heavy atom. The second kappa shape index (κ2) is 21.6. The van der Waals surface area contributed by atoms with Gasteiger partial charge in [0.05, 0.1) is 11.0 Å². The molecule has 0 saturated carbocycles. The van der Waals surface area contributed by atoms with Gasteiger partial charge in [0.25, 0.3) is 0 Å². The van der Waals surface area contributed by atoms with E-state index < -0.39 is 0 Å². The highest BCUT2D eigenvalue weighted by atomic mass is 32.1. The number of aromatic nitrogens is 1. The molecule has 0 fully saturated rings. The van der Waals surface area contributed by atoms with Gasteiger partial charge >= 0.3 is 0 Å². The van der Waals surface area contributed by atoms with E-state index in [1.165, 1.54) is 172 Å². The maximum absolute atomic E-state index is 2.53. The molecule has 0 aliphatic heterocycles. The van der Waals surface area contributed by atoms with Gasteiger partial charge in [0.1, 0.15) is 0 Å². The van der Waals surface area contributed by atoms with Gasteiger partial charge in [0.15, 0.2) is 0 Å². The Morgan fingerprint density at radius 1 is 0.161 bits per heavy atom. The van der Waals surface area contributed by atoms with Gasteiger partial charge in [0.2, 0.25) is 0 Å². The summed E-state index contributed by atoms with van der Waals surface area (Å²) < 4.78 is 7.66. The Bertz CT molecular complexity index is 5850. The van der Waals surface area contributed by atoms with Crippen LogP contribution in [-0.2, 0) is 0 Å². The second-order valence-corrected chi connectivity index (χ2v) is 26.7. The molecule has 0 N–H and O–H groups in total. The van der Waals surface area contributed by atoms with Crippen LogP contribution in [0.25, 0.3) is 189 Å². The number of nitrogens with zero attached hydrogens (tertiary/aromatic N) is 1. The van der Waals surface area contributed by atoms with Crippen LogP contribution in [0, 0.1) is 0 Å². The molecule has 0 aliphatic carbocycles. The average Bonchev–Trinajstić information content (AvgIpc) is 1.67. The summed E-state index contributed by atoms with van der Waals surface area (Å²) in [4.78, 5) is 0. The van der Waals surface area contributed by atoms with Crippen molar-refractivity contribution in [2.24, 2.45) is 0 Å². The lowest BCUT2D eigenvalue weighted by Gasteiger charge is -2.14. The van der Waals surface area contributed by atoms with Crippen molar-refractivity contribution in [2.75, 3.05) is 0 Å². The molecule has 93 heavy (non-hydrogen) atoms. The predicted molar refractivity (Wildman–Crippen MR) is 403 cm³/mol. The molecule has 0 amide bonds. The summed E-state index contributed by atoms with van der Waals surface area (Å²) in [6.45, 7) is 0. The molecule has 19 aromatic rings. The van der Waals surface area contributed by atoms with Crippen LogP contribution >= 0.6 is 22.7 Å². The molecular formula is C90H55NS2. The first-order valence-corrected chi connectivity index (χ1v) is 33.6.